The number of imidazole rings is 1. The Balaban J connectivity index is 0.00000253. The molecule has 1 fully saturated rings. The van der Waals surface area contributed by atoms with E-state index in [0.29, 0.717) is 18.5 Å². The summed E-state index contributed by atoms with van der Waals surface area (Å²) in [6.07, 6.45) is 9.50. The summed E-state index contributed by atoms with van der Waals surface area (Å²) in [5.74, 6) is 1.35. The van der Waals surface area contributed by atoms with Crippen molar-refractivity contribution < 1.29 is 17.1 Å². The van der Waals surface area contributed by atoms with Crippen LogP contribution in [-0.2, 0) is 4.74 Å². The third-order valence-corrected chi connectivity index (χ3v) is 6.01. The summed E-state index contributed by atoms with van der Waals surface area (Å²) in [7, 11) is 0. The smallest absolute Gasteiger partial charge is 0.407 e. The lowest BCUT2D eigenvalue weighted by atomic mass is 9.91. The molecule has 198 valence electrons. The van der Waals surface area contributed by atoms with Gasteiger partial charge < -0.3 is 20.1 Å². The summed E-state index contributed by atoms with van der Waals surface area (Å²) in [6, 6.07) is 4.67. The van der Waals surface area contributed by atoms with Gasteiger partial charge in [0.05, 0.1) is 18.5 Å². The zero-order chi connectivity index (χ0) is 25.7. The van der Waals surface area contributed by atoms with Crippen LogP contribution in [0.4, 0.5) is 10.6 Å². The minimum Gasteiger partial charge on any atom is -0.463 e. The highest BCUT2D eigenvalue weighted by atomic mass is 16.6. The topological polar surface area (TPSA) is 116 Å². The van der Waals surface area contributed by atoms with E-state index in [2.05, 4.69) is 39.4 Å². The molecular weight excluding hydrogens is 458 g/mol. The maximum Gasteiger partial charge on any atom is 0.407 e. The van der Waals surface area contributed by atoms with Gasteiger partial charge in [0.1, 0.15) is 11.4 Å². The first kappa shape index (κ1) is 25.7. The van der Waals surface area contributed by atoms with E-state index in [-0.39, 0.29) is 21.0 Å². The molecule has 4 rings (SSSR count). The molecule has 0 bridgehead atoms. The van der Waals surface area contributed by atoms with Crippen molar-refractivity contribution in [3.8, 4) is 17.3 Å². The number of carbonyl (C=O) groups is 1. The van der Waals surface area contributed by atoms with Gasteiger partial charge in [-0.1, -0.05) is 13.8 Å². The average Bonchev–Trinajstić information content (AvgIpc) is 3.23. The van der Waals surface area contributed by atoms with Crippen LogP contribution in [0, 0.1) is 5.92 Å². The Morgan fingerprint density at radius 3 is 2.44 bits per heavy atom. The Hall–Kier alpha value is -3.43. The fourth-order valence-electron chi connectivity index (χ4n) is 4.12. The van der Waals surface area contributed by atoms with Gasteiger partial charge in [0.2, 0.25) is 0 Å². The third kappa shape index (κ3) is 7.05. The number of rotatable bonds is 8. The van der Waals surface area contributed by atoms with E-state index in [0.717, 1.165) is 54.8 Å². The number of aromatic nitrogens is 5. The predicted molar refractivity (Wildman–Crippen MR) is 142 cm³/mol. The highest BCUT2D eigenvalue weighted by molar-refractivity contribution is 5.68. The molecule has 0 spiro atoms. The second-order valence-electron chi connectivity index (χ2n) is 10.8. The lowest BCUT2D eigenvalue weighted by Crippen LogP contribution is -2.42. The van der Waals surface area contributed by atoms with Crippen LogP contribution in [-0.4, -0.2) is 55.0 Å². The van der Waals surface area contributed by atoms with Crippen LogP contribution in [0.15, 0.2) is 30.7 Å². The normalized spacial score (nSPS) is 18.3. The van der Waals surface area contributed by atoms with Crippen molar-refractivity contribution in [1.29, 1.82) is 0 Å². The number of hydrogen-bond donors (Lipinski definition) is 2. The van der Waals surface area contributed by atoms with Gasteiger partial charge in [0.15, 0.2) is 5.65 Å². The molecule has 1 saturated carbocycles. The Morgan fingerprint density at radius 1 is 1.08 bits per heavy atom. The highest BCUT2D eigenvalue weighted by Crippen LogP contribution is 2.24. The lowest BCUT2D eigenvalue weighted by Gasteiger charge is -2.30. The minimum atomic E-state index is -0.491. The van der Waals surface area contributed by atoms with Crippen molar-refractivity contribution in [3.05, 3.63) is 30.7 Å². The van der Waals surface area contributed by atoms with Crippen LogP contribution >= 0.6 is 0 Å². The Kier molecular flexibility index (Phi) is 7.91. The van der Waals surface area contributed by atoms with E-state index in [1.807, 2.05) is 32.9 Å². The zero-order valence-electron chi connectivity index (χ0n) is 21.8. The molecule has 0 saturated heterocycles. The number of alkyl carbamates (subject to hydrolysis) is 1. The van der Waals surface area contributed by atoms with Crippen LogP contribution in [0.1, 0.15) is 69.6 Å². The fourth-order valence-corrected chi connectivity index (χ4v) is 4.12. The Labute approximate surface area is 215 Å². The van der Waals surface area contributed by atoms with E-state index in [9.17, 15) is 4.79 Å². The zero-order valence-corrected chi connectivity index (χ0v) is 21.8. The van der Waals surface area contributed by atoms with Crippen molar-refractivity contribution in [2.24, 2.45) is 5.92 Å². The molecule has 10 heteroatoms. The average molecular weight is 500 g/mol. The number of carbonyl (C=O) groups excluding carboxylic acids is 1. The van der Waals surface area contributed by atoms with Crippen molar-refractivity contribution >= 4 is 17.6 Å². The van der Waals surface area contributed by atoms with Gasteiger partial charge >= 0.3 is 12.1 Å². The molecule has 0 unspecified atom stereocenters. The molecule has 3 aromatic heterocycles. The Morgan fingerprint density at radius 2 is 1.78 bits per heavy atom. The molecule has 3 heterocycles. The van der Waals surface area contributed by atoms with Gasteiger partial charge in [-0.05, 0) is 70.9 Å². The monoisotopic (exact) mass is 499 g/mol. The second kappa shape index (κ2) is 11.1. The molecule has 1 aliphatic rings. The van der Waals surface area contributed by atoms with Crippen molar-refractivity contribution in [3.63, 3.8) is 0 Å². The quantitative estimate of drug-likeness (QED) is 0.426. The van der Waals surface area contributed by atoms with Crippen molar-refractivity contribution in [2.75, 3.05) is 11.9 Å². The van der Waals surface area contributed by atoms with Gasteiger partial charge in [-0.25, -0.2) is 24.3 Å². The van der Waals surface area contributed by atoms with Crippen LogP contribution in [0.5, 0.6) is 6.01 Å². The van der Waals surface area contributed by atoms with Crippen LogP contribution in [0.2, 0.25) is 0 Å². The Bertz CT molecular complexity index is 1160. The van der Waals surface area contributed by atoms with E-state index in [1.54, 1.807) is 23.1 Å². The molecule has 1 amide bonds. The van der Waals surface area contributed by atoms with Gasteiger partial charge in [0.25, 0.3) is 0 Å². The van der Waals surface area contributed by atoms with E-state index < -0.39 is 5.60 Å². The van der Waals surface area contributed by atoms with Crippen molar-refractivity contribution in [2.45, 2.75) is 84.4 Å². The van der Waals surface area contributed by atoms with Crippen LogP contribution in [0.25, 0.3) is 16.9 Å². The maximum atomic E-state index is 12.1. The summed E-state index contributed by atoms with van der Waals surface area (Å²) in [5.41, 5.74) is 1.89. The lowest BCUT2D eigenvalue weighted by molar-refractivity contribution is 0.0492. The van der Waals surface area contributed by atoms with E-state index in [1.165, 1.54) is 0 Å². The first-order valence-electron chi connectivity index (χ1n) is 12.7. The summed E-state index contributed by atoms with van der Waals surface area (Å²) < 4.78 is 12.8. The SMILES string of the molecule is CC(C)CCOc1ncc(-c2cnc3ccc(NC4CCC(NC(=O)OC(C)(C)C)CC4)nn23)cn1.[HH].[HH]. The molecular formula is C26H41N7O3. The van der Waals surface area contributed by atoms with Gasteiger partial charge in [-0.2, -0.15) is 0 Å². The molecule has 0 atom stereocenters. The molecule has 0 aliphatic heterocycles. The number of amides is 1. The van der Waals surface area contributed by atoms with E-state index in [4.69, 9.17) is 14.6 Å². The number of fused-ring (bicyclic) bond motifs is 1. The highest BCUT2D eigenvalue weighted by Gasteiger charge is 2.25. The summed E-state index contributed by atoms with van der Waals surface area (Å²) in [4.78, 5) is 25.2. The van der Waals surface area contributed by atoms with Crippen LogP contribution < -0.4 is 15.4 Å². The molecule has 3 aromatic rings. The predicted octanol–water partition coefficient (Wildman–Crippen LogP) is 5.35. The van der Waals surface area contributed by atoms with Gasteiger partial charge in [-0.15, -0.1) is 5.10 Å². The van der Waals surface area contributed by atoms with Crippen molar-refractivity contribution in [1.82, 2.24) is 29.9 Å². The number of hydrogen-bond acceptors (Lipinski definition) is 8. The first-order chi connectivity index (χ1) is 17.2. The number of anilines is 1. The molecule has 2 N–H and O–H groups in total. The summed E-state index contributed by atoms with van der Waals surface area (Å²) in [5, 5.41) is 11.3. The molecule has 1 aliphatic carbocycles. The van der Waals surface area contributed by atoms with E-state index >= 15 is 0 Å². The minimum absolute atomic E-state index is 0. The molecule has 36 heavy (non-hydrogen) atoms. The summed E-state index contributed by atoms with van der Waals surface area (Å²) >= 11 is 0. The largest absolute Gasteiger partial charge is 0.463 e. The maximum absolute atomic E-state index is 12.1. The molecule has 10 nitrogen and oxygen atoms in total. The number of ether oxygens (including phenoxy) is 2. The van der Waals surface area contributed by atoms with Gasteiger partial charge in [-0.3, -0.25) is 0 Å². The molecule has 0 aromatic carbocycles. The third-order valence-electron chi connectivity index (χ3n) is 6.01. The fraction of sp³-hybridized carbons (Fsp3) is 0.577. The standard InChI is InChI=1S/C26H37N7O3.2H2/c1-17(2)12-13-35-24-28-14-18(15-29-24)21-16-27-23-11-10-22(32-33(21)23)30-19-6-8-20(9-7-19)31-25(34)36-26(3,4)5;;/h10-11,14-17,19-20H,6-9,12-13H2,1-5H3,(H,30,32)(H,31,34);2*1H. The first-order valence-corrected chi connectivity index (χ1v) is 12.7. The second-order valence-corrected chi connectivity index (χ2v) is 10.8. The molecule has 0 radical (unpaired) electrons. The van der Waals surface area contributed by atoms with Gasteiger partial charge in [0, 0.05) is 32.9 Å². The summed E-state index contributed by atoms with van der Waals surface area (Å²) in [6.45, 7) is 10.5. The number of nitrogens with one attached hydrogen (secondary N) is 2. The van der Waals surface area contributed by atoms with Crippen LogP contribution in [0.3, 0.4) is 0 Å². The number of nitrogens with zero attached hydrogens (tertiary/aromatic N) is 5.